The van der Waals surface area contributed by atoms with Gasteiger partial charge in [-0.2, -0.15) is 0 Å². The lowest BCUT2D eigenvalue weighted by molar-refractivity contribution is 0.0900. The van der Waals surface area contributed by atoms with Crippen molar-refractivity contribution in [2.75, 3.05) is 0 Å². The molecule has 0 aliphatic heterocycles. The molecular formula is C19H21FO. The van der Waals surface area contributed by atoms with Gasteiger partial charge >= 0.3 is 0 Å². The molecule has 0 spiro atoms. The molecule has 0 N–H and O–H groups in total. The third-order valence-electron chi connectivity index (χ3n) is 4.61. The van der Waals surface area contributed by atoms with Gasteiger partial charge in [0.1, 0.15) is 5.82 Å². The summed E-state index contributed by atoms with van der Waals surface area (Å²) in [5, 5.41) is 1.30. The molecule has 1 aliphatic carbocycles. The van der Waals surface area contributed by atoms with Crippen LogP contribution in [0.2, 0.25) is 0 Å². The van der Waals surface area contributed by atoms with Crippen LogP contribution in [0.25, 0.3) is 10.8 Å². The molecule has 0 heterocycles. The minimum atomic E-state index is -0.250. The van der Waals surface area contributed by atoms with Gasteiger partial charge in [0, 0.05) is 16.9 Å². The summed E-state index contributed by atoms with van der Waals surface area (Å²) < 4.78 is 13.9. The molecule has 1 aliphatic rings. The summed E-state index contributed by atoms with van der Waals surface area (Å²) in [5.41, 5.74) is 0.692. The van der Waals surface area contributed by atoms with Crippen LogP contribution in [0.3, 0.4) is 0 Å². The summed E-state index contributed by atoms with van der Waals surface area (Å²) in [7, 11) is 0. The average molecular weight is 284 g/mol. The highest BCUT2D eigenvalue weighted by Crippen LogP contribution is 2.29. The van der Waals surface area contributed by atoms with Crippen LogP contribution in [0.4, 0.5) is 4.39 Å². The number of hydrogen-bond donors (Lipinski definition) is 0. The Morgan fingerprint density at radius 1 is 0.857 bits per heavy atom. The van der Waals surface area contributed by atoms with E-state index < -0.39 is 0 Å². The largest absolute Gasteiger partial charge is 0.294 e. The van der Waals surface area contributed by atoms with E-state index in [1.54, 1.807) is 12.1 Å². The first kappa shape index (κ1) is 14.2. The minimum Gasteiger partial charge on any atom is -0.294 e. The Hall–Kier alpha value is -1.70. The van der Waals surface area contributed by atoms with E-state index in [0.29, 0.717) is 10.9 Å². The van der Waals surface area contributed by atoms with Crippen molar-refractivity contribution in [1.82, 2.24) is 0 Å². The number of rotatable bonds is 2. The zero-order valence-corrected chi connectivity index (χ0v) is 12.3. The summed E-state index contributed by atoms with van der Waals surface area (Å²) in [6.45, 7) is 0. The van der Waals surface area contributed by atoms with Crippen molar-refractivity contribution in [1.29, 1.82) is 0 Å². The van der Waals surface area contributed by atoms with E-state index in [1.807, 2.05) is 18.2 Å². The number of ketones is 1. The van der Waals surface area contributed by atoms with Gasteiger partial charge in [0.2, 0.25) is 0 Å². The molecule has 0 atom stereocenters. The van der Waals surface area contributed by atoms with Crippen LogP contribution in [0, 0.1) is 11.7 Å². The molecule has 0 bridgehead atoms. The summed E-state index contributed by atoms with van der Waals surface area (Å²) in [6, 6.07) is 10.4. The lowest BCUT2D eigenvalue weighted by atomic mass is 9.84. The molecule has 3 rings (SSSR count). The monoisotopic (exact) mass is 284 g/mol. The Morgan fingerprint density at radius 2 is 1.48 bits per heavy atom. The van der Waals surface area contributed by atoms with Gasteiger partial charge in [-0.25, -0.2) is 4.39 Å². The fourth-order valence-electron chi connectivity index (χ4n) is 3.42. The lowest BCUT2D eigenvalue weighted by Crippen LogP contribution is -2.16. The summed E-state index contributed by atoms with van der Waals surface area (Å²) in [6.07, 6.45) is 7.97. The van der Waals surface area contributed by atoms with Crippen molar-refractivity contribution in [3.8, 4) is 0 Å². The maximum Gasteiger partial charge on any atom is 0.166 e. The Kier molecular flexibility index (Phi) is 4.33. The molecule has 0 amide bonds. The number of carbonyl (C=O) groups is 1. The molecule has 2 aromatic carbocycles. The number of Topliss-reactive ketones (excluding diaryl/α,β-unsaturated/α-hetero) is 1. The van der Waals surface area contributed by atoms with Crippen LogP contribution in [-0.2, 0) is 0 Å². The molecule has 2 aromatic rings. The van der Waals surface area contributed by atoms with Crippen molar-refractivity contribution < 1.29 is 9.18 Å². The van der Waals surface area contributed by atoms with E-state index in [2.05, 4.69) is 0 Å². The molecule has 0 aromatic heterocycles. The van der Waals surface area contributed by atoms with Crippen LogP contribution in [0.5, 0.6) is 0 Å². The van der Waals surface area contributed by atoms with Gasteiger partial charge in [-0.3, -0.25) is 4.79 Å². The smallest absolute Gasteiger partial charge is 0.166 e. The topological polar surface area (TPSA) is 17.1 Å². The molecule has 1 saturated carbocycles. The quantitative estimate of drug-likeness (QED) is 0.663. The second kappa shape index (κ2) is 6.38. The number of carbonyl (C=O) groups excluding carboxylic acids is 1. The molecule has 1 nitrogen and oxygen atoms in total. The van der Waals surface area contributed by atoms with Gasteiger partial charge in [0.15, 0.2) is 5.78 Å². The highest BCUT2D eigenvalue weighted by molar-refractivity contribution is 6.09. The van der Waals surface area contributed by atoms with Gasteiger partial charge in [0.05, 0.1) is 0 Å². The Labute approximate surface area is 125 Å². The first-order chi connectivity index (χ1) is 10.3. The Balaban J connectivity index is 1.95. The number of fused-ring (bicyclic) bond motifs is 1. The van der Waals surface area contributed by atoms with Gasteiger partial charge in [0.25, 0.3) is 0 Å². The Morgan fingerprint density at radius 3 is 2.19 bits per heavy atom. The third-order valence-corrected chi connectivity index (χ3v) is 4.61. The van der Waals surface area contributed by atoms with Gasteiger partial charge < -0.3 is 0 Å². The maximum absolute atomic E-state index is 13.9. The van der Waals surface area contributed by atoms with Crippen LogP contribution in [-0.4, -0.2) is 5.78 Å². The van der Waals surface area contributed by atoms with Gasteiger partial charge in [-0.05, 0) is 30.4 Å². The van der Waals surface area contributed by atoms with Crippen molar-refractivity contribution >= 4 is 16.6 Å². The fourth-order valence-corrected chi connectivity index (χ4v) is 3.42. The number of benzene rings is 2. The van der Waals surface area contributed by atoms with Crippen molar-refractivity contribution in [3.63, 3.8) is 0 Å². The lowest BCUT2D eigenvalue weighted by Gasteiger charge is -2.19. The normalized spacial score (nSPS) is 17.4. The SMILES string of the molecule is O=C(c1ccc(F)c2ccccc12)C1CCCCCCC1. The standard InChI is InChI=1S/C19H21FO/c20-18-13-12-17(15-10-6-7-11-16(15)18)19(21)14-8-4-2-1-3-5-9-14/h6-7,10-14H,1-5,8-9H2. The molecule has 2 heteroatoms. The summed E-state index contributed by atoms with van der Waals surface area (Å²) >= 11 is 0. The van der Waals surface area contributed by atoms with E-state index in [0.717, 1.165) is 31.1 Å². The van der Waals surface area contributed by atoms with Gasteiger partial charge in [-0.1, -0.05) is 56.4 Å². The predicted molar refractivity (Wildman–Crippen MR) is 84.0 cm³/mol. The summed E-state index contributed by atoms with van der Waals surface area (Å²) in [5.74, 6) is 0.0621. The van der Waals surface area contributed by atoms with E-state index >= 15 is 0 Å². The molecule has 0 saturated heterocycles. The van der Waals surface area contributed by atoms with E-state index in [4.69, 9.17) is 0 Å². The maximum atomic E-state index is 13.9. The molecule has 110 valence electrons. The second-order valence-corrected chi connectivity index (χ2v) is 6.05. The van der Waals surface area contributed by atoms with Crippen molar-refractivity contribution in [2.45, 2.75) is 44.9 Å². The van der Waals surface area contributed by atoms with Crippen LogP contribution in [0.1, 0.15) is 55.3 Å². The molecule has 0 unspecified atom stereocenters. The van der Waals surface area contributed by atoms with Crippen LogP contribution >= 0.6 is 0 Å². The van der Waals surface area contributed by atoms with E-state index in [9.17, 15) is 9.18 Å². The second-order valence-electron chi connectivity index (χ2n) is 6.05. The van der Waals surface area contributed by atoms with Crippen molar-refractivity contribution in [2.24, 2.45) is 5.92 Å². The summed E-state index contributed by atoms with van der Waals surface area (Å²) in [4.78, 5) is 12.9. The zero-order chi connectivity index (χ0) is 14.7. The predicted octanol–water partition coefficient (Wildman–Crippen LogP) is 5.52. The molecule has 21 heavy (non-hydrogen) atoms. The number of hydrogen-bond acceptors (Lipinski definition) is 1. The highest BCUT2D eigenvalue weighted by atomic mass is 19.1. The van der Waals surface area contributed by atoms with Crippen molar-refractivity contribution in [3.05, 3.63) is 47.8 Å². The Bertz CT molecular complexity index is 639. The average Bonchev–Trinajstić information content (AvgIpc) is 2.47. The van der Waals surface area contributed by atoms with E-state index in [1.165, 1.54) is 25.3 Å². The first-order valence-electron chi connectivity index (χ1n) is 7.99. The molecule has 1 fully saturated rings. The van der Waals surface area contributed by atoms with Crippen LogP contribution in [0.15, 0.2) is 36.4 Å². The molecular weight excluding hydrogens is 263 g/mol. The van der Waals surface area contributed by atoms with Crippen LogP contribution < -0.4 is 0 Å². The fraction of sp³-hybridized carbons (Fsp3) is 0.421. The van der Waals surface area contributed by atoms with E-state index in [-0.39, 0.29) is 17.5 Å². The third kappa shape index (κ3) is 2.99. The highest BCUT2D eigenvalue weighted by Gasteiger charge is 2.22. The van der Waals surface area contributed by atoms with Gasteiger partial charge in [-0.15, -0.1) is 0 Å². The number of halogens is 1. The minimum absolute atomic E-state index is 0.110. The molecule has 0 radical (unpaired) electrons. The zero-order valence-electron chi connectivity index (χ0n) is 12.3. The first-order valence-corrected chi connectivity index (χ1v) is 7.99.